The predicted molar refractivity (Wildman–Crippen MR) is 113 cm³/mol. The maximum Gasteiger partial charge on any atom is 0.312 e. The van der Waals surface area contributed by atoms with E-state index in [-0.39, 0.29) is 24.2 Å². The molecule has 1 heterocycles. The van der Waals surface area contributed by atoms with Gasteiger partial charge in [-0.1, -0.05) is 30.3 Å². The minimum absolute atomic E-state index is 0.00331. The van der Waals surface area contributed by atoms with Gasteiger partial charge >= 0.3 is 5.69 Å². The van der Waals surface area contributed by atoms with E-state index in [0.29, 0.717) is 17.0 Å². The van der Waals surface area contributed by atoms with E-state index < -0.39 is 4.92 Å². The quantitative estimate of drug-likeness (QED) is 0.471. The van der Waals surface area contributed by atoms with Crippen molar-refractivity contribution in [2.45, 2.75) is 33.4 Å². The van der Waals surface area contributed by atoms with Crippen LogP contribution in [-0.4, -0.2) is 27.7 Å². The first kappa shape index (κ1) is 21.0. The zero-order chi connectivity index (χ0) is 21.8. The molecule has 1 N–H and O–H groups in total. The molecule has 8 nitrogen and oxygen atoms in total. The molecule has 2 aromatic carbocycles. The lowest BCUT2D eigenvalue weighted by molar-refractivity contribution is -0.386. The van der Waals surface area contributed by atoms with Crippen LogP contribution >= 0.6 is 0 Å². The summed E-state index contributed by atoms with van der Waals surface area (Å²) in [7, 11) is 1.60. The van der Waals surface area contributed by atoms with Crippen molar-refractivity contribution < 1.29 is 14.5 Å². The summed E-state index contributed by atoms with van der Waals surface area (Å²) >= 11 is 0. The summed E-state index contributed by atoms with van der Waals surface area (Å²) in [6.45, 7) is 5.43. The highest BCUT2D eigenvalue weighted by atomic mass is 16.6. The summed E-state index contributed by atoms with van der Waals surface area (Å²) in [6, 6.07) is 14.5. The molecule has 0 aliphatic heterocycles. The van der Waals surface area contributed by atoms with Gasteiger partial charge in [0.05, 0.1) is 24.6 Å². The van der Waals surface area contributed by atoms with E-state index in [0.717, 1.165) is 16.9 Å². The highest BCUT2D eigenvalue weighted by molar-refractivity contribution is 5.95. The molecule has 0 spiro atoms. The lowest BCUT2D eigenvalue weighted by Crippen LogP contribution is -2.28. The molecule has 8 heteroatoms. The smallest absolute Gasteiger partial charge is 0.312 e. The van der Waals surface area contributed by atoms with Gasteiger partial charge in [0.2, 0.25) is 0 Å². The Morgan fingerprint density at radius 1 is 1.23 bits per heavy atom. The maximum absolute atomic E-state index is 13.0. The van der Waals surface area contributed by atoms with E-state index >= 15 is 0 Å². The van der Waals surface area contributed by atoms with Crippen molar-refractivity contribution in [2.24, 2.45) is 0 Å². The predicted octanol–water partition coefficient (Wildman–Crippen LogP) is 3.96. The van der Waals surface area contributed by atoms with Gasteiger partial charge in [-0.2, -0.15) is 5.10 Å². The summed E-state index contributed by atoms with van der Waals surface area (Å²) in [5.41, 5.74) is 2.97. The van der Waals surface area contributed by atoms with Crippen LogP contribution in [0.3, 0.4) is 0 Å². The molecule has 0 saturated carbocycles. The van der Waals surface area contributed by atoms with Gasteiger partial charge in [-0.05, 0) is 50.1 Å². The highest BCUT2D eigenvalue weighted by Crippen LogP contribution is 2.24. The summed E-state index contributed by atoms with van der Waals surface area (Å²) in [4.78, 5) is 23.8. The van der Waals surface area contributed by atoms with Crippen molar-refractivity contribution in [3.63, 3.8) is 0 Å². The molecule has 3 rings (SSSR count). The van der Waals surface area contributed by atoms with Crippen LogP contribution in [0.2, 0.25) is 0 Å². The van der Waals surface area contributed by atoms with Crippen molar-refractivity contribution in [3.05, 3.63) is 86.7 Å². The number of amides is 1. The van der Waals surface area contributed by atoms with Crippen molar-refractivity contribution in [2.75, 3.05) is 7.11 Å². The first-order valence-corrected chi connectivity index (χ1v) is 9.53. The first-order valence-electron chi connectivity index (χ1n) is 9.53. The third kappa shape index (κ3) is 4.32. The lowest BCUT2D eigenvalue weighted by atomic mass is 10.0. The third-order valence-electron chi connectivity index (χ3n) is 5.05. The number of carbonyl (C=O) groups excluding carboxylic acids is 1. The largest absolute Gasteiger partial charge is 0.497 e. The number of nitrogens with zero attached hydrogens (tertiary/aromatic N) is 3. The molecule has 0 fully saturated rings. The summed E-state index contributed by atoms with van der Waals surface area (Å²) in [5.74, 6) is 0.497. The summed E-state index contributed by atoms with van der Waals surface area (Å²) in [5, 5.41) is 18.6. The minimum Gasteiger partial charge on any atom is -0.497 e. The van der Waals surface area contributed by atoms with Crippen molar-refractivity contribution >= 4 is 11.6 Å². The fraction of sp³-hybridized carbons (Fsp3) is 0.273. The number of aryl methyl sites for hydroxylation is 1. The van der Waals surface area contributed by atoms with Gasteiger partial charge in [-0.25, -0.2) is 0 Å². The molecule has 3 aromatic rings. The summed E-state index contributed by atoms with van der Waals surface area (Å²) in [6.07, 6.45) is 0. The first-order chi connectivity index (χ1) is 14.3. The zero-order valence-corrected chi connectivity index (χ0v) is 17.4. The topological polar surface area (TPSA) is 99.3 Å². The number of rotatable bonds is 7. The molecular formula is C22H24N4O4. The second kappa shape index (κ2) is 8.77. The number of methoxy groups -OCH3 is 1. The molecule has 1 atom stereocenters. The van der Waals surface area contributed by atoms with Crippen LogP contribution in [0.15, 0.2) is 48.5 Å². The van der Waals surface area contributed by atoms with E-state index in [1.54, 1.807) is 37.8 Å². The number of benzene rings is 2. The minimum atomic E-state index is -0.428. The maximum atomic E-state index is 13.0. The number of nitro groups is 1. The van der Waals surface area contributed by atoms with Gasteiger partial charge in [0.15, 0.2) is 0 Å². The monoisotopic (exact) mass is 408 g/mol. The van der Waals surface area contributed by atoms with Crippen LogP contribution in [0, 0.1) is 24.0 Å². The fourth-order valence-electron chi connectivity index (χ4n) is 3.42. The number of hydrogen-bond acceptors (Lipinski definition) is 5. The van der Waals surface area contributed by atoms with E-state index in [4.69, 9.17) is 4.74 Å². The van der Waals surface area contributed by atoms with Crippen molar-refractivity contribution in [1.29, 1.82) is 0 Å². The number of nitrogens with one attached hydrogen (secondary N) is 1. The molecule has 0 radical (unpaired) electrons. The number of carbonyl (C=O) groups is 1. The van der Waals surface area contributed by atoms with Crippen molar-refractivity contribution in [3.8, 4) is 5.75 Å². The molecule has 0 aliphatic rings. The van der Waals surface area contributed by atoms with Crippen LogP contribution < -0.4 is 10.1 Å². The Morgan fingerprint density at radius 3 is 2.63 bits per heavy atom. The van der Waals surface area contributed by atoms with E-state index in [2.05, 4.69) is 10.4 Å². The lowest BCUT2D eigenvalue weighted by Gasteiger charge is -2.17. The van der Waals surface area contributed by atoms with Gasteiger partial charge in [0.25, 0.3) is 5.91 Å². The van der Waals surface area contributed by atoms with Crippen LogP contribution in [0.5, 0.6) is 5.75 Å². The molecular weight excluding hydrogens is 384 g/mol. The van der Waals surface area contributed by atoms with Crippen LogP contribution in [-0.2, 0) is 6.54 Å². The van der Waals surface area contributed by atoms with Gasteiger partial charge in [0, 0.05) is 5.56 Å². The molecule has 0 unspecified atom stereocenters. The Morgan fingerprint density at radius 2 is 1.97 bits per heavy atom. The molecule has 0 aliphatic carbocycles. The van der Waals surface area contributed by atoms with Crippen LogP contribution in [0.4, 0.5) is 5.69 Å². The van der Waals surface area contributed by atoms with Crippen molar-refractivity contribution in [1.82, 2.24) is 15.1 Å². The van der Waals surface area contributed by atoms with E-state index in [1.807, 2.05) is 43.3 Å². The third-order valence-corrected chi connectivity index (χ3v) is 5.05. The second-order valence-corrected chi connectivity index (χ2v) is 7.06. The SMILES string of the molecule is COc1cccc([C@@H](C)NC(=O)c2ccccc2Cn2nc(C)c([N+](=O)[O-])c2C)c1. The van der Waals surface area contributed by atoms with E-state index in [1.165, 1.54) is 0 Å². The molecule has 1 aromatic heterocycles. The summed E-state index contributed by atoms with van der Waals surface area (Å²) < 4.78 is 6.81. The van der Waals surface area contributed by atoms with Crippen LogP contribution in [0.1, 0.15) is 45.8 Å². The molecule has 1 amide bonds. The van der Waals surface area contributed by atoms with Gasteiger partial charge in [-0.15, -0.1) is 0 Å². The number of hydrogen-bond donors (Lipinski definition) is 1. The van der Waals surface area contributed by atoms with Gasteiger partial charge < -0.3 is 10.1 Å². The molecule has 156 valence electrons. The number of aromatic nitrogens is 2. The normalized spacial score (nSPS) is 11.7. The van der Waals surface area contributed by atoms with E-state index in [9.17, 15) is 14.9 Å². The Labute approximate surface area is 174 Å². The number of ether oxygens (including phenoxy) is 1. The molecule has 0 bridgehead atoms. The van der Waals surface area contributed by atoms with Crippen LogP contribution in [0.25, 0.3) is 0 Å². The Hall–Kier alpha value is -3.68. The standard InChI is InChI=1S/C22H24N4O4/c1-14(17-9-7-10-19(12-17)30-4)23-22(27)20-11-6-5-8-18(20)13-25-16(3)21(26(28)29)15(2)24-25/h5-12,14H,13H2,1-4H3,(H,23,27)/t14-/m1/s1. The Kier molecular flexibility index (Phi) is 6.15. The fourth-order valence-corrected chi connectivity index (χ4v) is 3.42. The van der Waals surface area contributed by atoms with Gasteiger partial charge in [0.1, 0.15) is 17.1 Å². The second-order valence-electron chi connectivity index (χ2n) is 7.06. The molecule has 30 heavy (non-hydrogen) atoms. The molecule has 0 saturated heterocycles. The highest BCUT2D eigenvalue weighted by Gasteiger charge is 2.23. The van der Waals surface area contributed by atoms with Gasteiger partial charge in [-0.3, -0.25) is 19.6 Å². The Bertz CT molecular complexity index is 1090. The Balaban J connectivity index is 1.84. The zero-order valence-electron chi connectivity index (χ0n) is 17.4. The average Bonchev–Trinajstić information content (AvgIpc) is 3.01. The average molecular weight is 408 g/mol.